The molecule has 0 unspecified atom stereocenters. The molecule has 0 bridgehead atoms. The van der Waals surface area contributed by atoms with Crippen LogP contribution in [0.15, 0.2) is 60.9 Å². The molecule has 2 N–H and O–H groups in total. The number of pyridine rings is 1. The van der Waals surface area contributed by atoms with Crippen LogP contribution in [0.4, 0.5) is 0 Å². The van der Waals surface area contributed by atoms with Crippen molar-refractivity contribution >= 4 is 39.3 Å². The molecule has 3 aromatic heterocycles. The van der Waals surface area contributed by atoms with Crippen molar-refractivity contribution in [3.05, 3.63) is 77.5 Å². The molecule has 5 rings (SSSR count). The Morgan fingerprint density at radius 1 is 1.07 bits per heavy atom. The van der Waals surface area contributed by atoms with Crippen molar-refractivity contribution in [2.45, 2.75) is 12.8 Å². The number of fused-ring (bicyclic) bond motifs is 2. The summed E-state index contributed by atoms with van der Waals surface area (Å²) >= 11 is 6.01. The Bertz CT molecular complexity index is 1360. The lowest BCUT2D eigenvalue weighted by molar-refractivity contribution is 0.0979. The van der Waals surface area contributed by atoms with Gasteiger partial charge in [-0.05, 0) is 42.5 Å². The Morgan fingerprint density at radius 3 is 2.87 bits per heavy atom. The van der Waals surface area contributed by atoms with Crippen molar-refractivity contribution in [1.82, 2.24) is 25.1 Å². The Labute approximate surface area is 176 Å². The first kappa shape index (κ1) is 18.3. The quantitative estimate of drug-likeness (QED) is 0.375. The third-order valence-corrected chi connectivity index (χ3v) is 4.99. The molecule has 0 spiro atoms. The molecule has 0 fully saturated rings. The van der Waals surface area contributed by atoms with Gasteiger partial charge in [-0.2, -0.15) is 5.10 Å². The van der Waals surface area contributed by atoms with Gasteiger partial charge in [0.25, 0.3) is 0 Å². The third kappa shape index (κ3) is 3.62. The maximum Gasteiger partial charge on any atom is 0.184 e. The van der Waals surface area contributed by atoms with Gasteiger partial charge in [0.2, 0.25) is 0 Å². The van der Waals surface area contributed by atoms with Crippen molar-refractivity contribution in [2.24, 2.45) is 0 Å². The zero-order valence-corrected chi connectivity index (χ0v) is 16.5. The number of hydrogen-bond donors (Lipinski definition) is 2. The summed E-state index contributed by atoms with van der Waals surface area (Å²) in [6.45, 7) is 0. The summed E-state index contributed by atoms with van der Waals surface area (Å²) in [6, 6.07) is 14.6. The molecule has 0 atom stereocenters. The second kappa shape index (κ2) is 7.61. The number of carbonyl (C=O) groups is 1. The van der Waals surface area contributed by atoms with Crippen molar-refractivity contribution in [3.8, 4) is 11.5 Å². The lowest BCUT2D eigenvalue weighted by Gasteiger charge is -2.04. The average molecular weight is 418 g/mol. The van der Waals surface area contributed by atoms with Gasteiger partial charge in [-0.1, -0.05) is 11.6 Å². The van der Waals surface area contributed by atoms with Gasteiger partial charge < -0.3 is 9.72 Å². The molecule has 0 amide bonds. The molecular weight excluding hydrogens is 402 g/mol. The fraction of sp³-hybridized carbons (Fsp3) is 0.0909. The van der Waals surface area contributed by atoms with Gasteiger partial charge in [0, 0.05) is 35.5 Å². The van der Waals surface area contributed by atoms with E-state index in [1.807, 2.05) is 36.4 Å². The van der Waals surface area contributed by atoms with Crippen LogP contribution in [0.3, 0.4) is 0 Å². The van der Waals surface area contributed by atoms with E-state index < -0.39 is 0 Å². The van der Waals surface area contributed by atoms with Gasteiger partial charge >= 0.3 is 0 Å². The zero-order chi connectivity index (χ0) is 20.5. The fourth-order valence-corrected chi connectivity index (χ4v) is 3.49. The number of ketones is 1. The van der Waals surface area contributed by atoms with Gasteiger partial charge in [-0.25, -0.2) is 4.98 Å². The number of ether oxygens (including phenoxy) is 1. The average Bonchev–Trinajstić information content (AvgIpc) is 3.36. The van der Waals surface area contributed by atoms with Gasteiger partial charge in [0.05, 0.1) is 22.7 Å². The standard InChI is InChI=1S/C22H16ClN5O2/c23-13-3-6-17-19(10-13)26-21(25-17)8-7-20(29)22-16-5-4-14(11-18(16)27-28-22)30-15-2-1-9-24-12-15/h1-6,9-12H,7-8H2,(H,25,26)(H,27,28). The summed E-state index contributed by atoms with van der Waals surface area (Å²) in [5, 5.41) is 8.54. The predicted molar refractivity (Wildman–Crippen MR) is 114 cm³/mol. The molecule has 148 valence electrons. The molecule has 8 heteroatoms. The number of rotatable bonds is 6. The molecule has 7 nitrogen and oxygen atoms in total. The molecule has 0 saturated heterocycles. The number of imidazole rings is 1. The minimum Gasteiger partial charge on any atom is -0.456 e. The van der Waals surface area contributed by atoms with Gasteiger partial charge in [0.1, 0.15) is 23.0 Å². The van der Waals surface area contributed by atoms with Crippen LogP contribution in [0.2, 0.25) is 5.02 Å². The highest BCUT2D eigenvalue weighted by Gasteiger charge is 2.16. The molecule has 2 aromatic carbocycles. The number of benzene rings is 2. The Kier molecular flexibility index (Phi) is 4.65. The van der Waals surface area contributed by atoms with Crippen LogP contribution < -0.4 is 4.74 Å². The summed E-state index contributed by atoms with van der Waals surface area (Å²) in [5.41, 5.74) is 2.83. The van der Waals surface area contributed by atoms with E-state index in [4.69, 9.17) is 16.3 Å². The number of aromatic amines is 2. The van der Waals surface area contributed by atoms with Gasteiger partial charge in [-0.3, -0.25) is 14.9 Å². The molecule has 5 aromatic rings. The summed E-state index contributed by atoms with van der Waals surface area (Å²) in [4.78, 5) is 24.5. The number of hydrogen-bond acceptors (Lipinski definition) is 5. The molecule has 0 aliphatic carbocycles. The van der Waals surface area contributed by atoms with Crippen LogP contribution in [0.5, 0.6) is 11.5 Å². The van der Waals surface area contributed by atoms with Crippen molar-refractivity contribution in [2.75, 3.05) is 0 Å². The summed E-state index contributed by atoms with van der Waals surface area (Å²) in [6.07, 6.45) is 4.10. The van der Waals surface area contributed by atoms with E-state index >= 15 is 0 Å². The SMILES string of the molecule is O=C(CCc1nc2ccc(Cl)cc2[nH]1)c1n[nH]c2cc(Oc3cccnc3)ccc12. The van der Waals surface area contributed by atoms with Crippen LogP contribution in [-0.4, -0.2) is 30.9 Å². The monoisotopic (exact) mass is 417 g/mol. The van der Waals surface area contributed by atoms with E-state index in [9.17, 15) is 4.79 Å². The van der Waals surface area contributed by atoms with Crippen LogP contribution in [0.1, 0.15) is 22.7 Å². The minimum atomic E-state index is -0.0549. The summed E-state index contributed by atoms with van der Waals surface area (Å²) < 4.78 is 5.78. The number of halogens is 1. The summed E-state index contributed by atoms with van der Waals surface area (Å²) in [7, 11) is 0. The van der Waals surface area contributed by atoms with E-state index in [-0.39, 0.29) is 5.78 Å². The Morgan fingerprint density at radius 2 is 2.00 bits per heavy atom. The van der Waals surface area contributed by atoms with E-state index in [1.165, 1.54) is 0 Å². The Hall–Kier alpha value is -3.71. The molecule has 0 aliphatic heterocycles. The maximum atomic E-state index is 12.8. The highest BCUT2D eigenvalue weighted by Crippen LogP contribution is 2.26. The van der Waals surface area contributed by atoms with E-state index in [0.717, 1.165) is 27.8 Å². The zero-order valence-electron chi connectivity index (χ0n) is 15.7. The number of carbonyl (C=O) groups excluding carboxylic acids is 1. The lowest BCUT2D eigenvalue weighted by Crippen LogP contribution is -2.03. The van der Waals surface area contributed by atoms with Crippen LogP contribution in [-0.2, 0) is 6.42 Å². The number of H-pyrrole nitrogens is 2. The second-order valence-corrected chi connectivity index (χ2v) is 7.27. The third-order valence-electron chi connectivity index (χ3n) is 4.75. The highest BCUT2D eigenvalue weighted by molar-refractivity contribution is 6.31. The van der Waals surface area contributed by atoms with Gasteiger partial charge in [-0.15, -0.1) is 0 Å². The number of nitrogens with one attached hydrogen (secondary N) is 2. The first-order valence-electron chi connectivity index (χ1n) is 9.39. The van der Waals surface area contributed by atoms with Crippen LogP contribution in [0, 0.1) is 0 Å². The number of nitrogens with zero attached hydrogens (tertiary/aromatic N) is 3. The number of Topliss-reactive ketones (excluding diaryl/α,β-unsaturated/α-hetero) is 1. The summed E-state index contributed by atoms with van der Waals surface area (Å²) in [5.74, 6) is 1.96. The highest BCUT2D eigenvalue weighted by atomic mass is 35.5. The lowest BCUT2D eigenvalue weighted by atomic mass is 10.1. The van der Waals surface area contributed by atoms with Crippen molar-refractivity contribution in [3.63, 3.8) is 0 Å². The first-order valence-corrected chi connectivity index (χ1v) is 9.77. The van der Waals surface area contributed by atoms with Gasteiger partial charge in [0.15, 0.2) is 5.78 Å². The molecule has 0 aliphatic rings. The van der Waals surface area contributed by atoms with E-state index in [2.05, 4.69) is 25.1 Å². The number of aryl methyl sites for hydroxylation is 1. The van der Waals surface area contributed by atoms with Crippen LogP contribution in [0.25, 0.3) is 21.9 Å². The maximum absolute atomic E-state index is 12.8. The molecule has 3 heterocycles. The first-order chi connectivity index (χ1) is 14.7. The Balaban J connectivity index is 1.31. The predicted octanol–water partition coefficient (Wildman–Crippen LogP) is 5.10. The van der Waals surface area contributed by atoms with Crippen molar-refractivity contribution in [1.29, 1.82) is 0 Å². The van der Waals surface area contributed by atoms with Crippen molar-refractivity contribution < 1.29 is 9.53 Å². The topological polar surface area (TPSA) is 96.6 Å². The second-order valence-electron chi connectivity index (χ2n) is 6.84. The number of aromatic nitrogens is 5. The minimum absolute atomic E-state index is 0.0549. The van der Waals surface area contributed by atoms with Crippen LogP contribution >= 0.6 is 11.6 Å². The van der Waals surface area contributed by atoms with E-state index in [1.54, 1.807) is 24.5 Å². The fourth-order valence-electron chi connectivity index (χ4n) is 3.32. The van der Waals surface area contributed by atoms with E-state index in [0.29, 0.717) is 35.1 Å². The normalized spacial score (nSPS) is 11.2. The molecular formula is C22H16ClN5O2. The molecule has 0 saturated carbocycles. The molecule has 30 heavy (non-hydrogen) atoms. The smallest absolute Gasteiger partial charge is 0.184 e. The largest absolute Gasteiger partial charge is 0.456 e. The molecule has 0 radical (unpaired) electrons.